The lowest BCUT2D eigenvalue weighted by Crippen LogP contribution is -1.74. The monoisotopic (exact) mass is 181 g/mol. The molecule has 1 nitrogen and oxygen atoms in total. The van der Waals surface area contributed by atoms with Crippen molar-refractivity contribution in [1.82, 2.24) is 4.37 Å². The Morgan fingerprint density at radius 3 is 2.17 bits per heavy atom. The molecule has 0 fully saturated rings. The number of aryl methyl sites for hydroxylation is 1. The molecule has 0 amide bonds. The summed E-state index contributed by atoms with van der Waals surface area (Å²) in [6.45, 7) is 13.4. The first kappa shape index (κ1) is 11.1. The summed E-state index contributed by atoms with van der Waals surface area (Å²) in [5, 5.41) is 0. The van der Waals surface area contributed by atoms with Crippen LogP contribution in [0.15, 0.2) is 13.2 Å². The summed E-state index contributed by atoms with van der Waals surface area (Å²) in [6, 6.07) is 0. The van der Waals surface area contributed by atoms with Crippen LogP contribution in [0.1, 0.15) is 30.0 Å². The first-order valence-electron chi connectivity index (χ1n) is 4.00. The average molecular weight is 181 g/mol. The van der Waals surface area contributed by atoms with Gasteiger partial charge >= 0.3 is 0 Å². The maximum absolute atomic E-state index is 4.16. The molecule has 0 aromatic carbocycles. The quantitative estimate of drug-likeness (QED) is 0.677. The van der Waals surface area contributed by atoms with Crippen LogP contribution in [0.2, 0.25) is 0 Å². The molecule has 1 heterocycles. The Labute approximate surface area is 78.6 Å². The molecular formula is C10H15NS. The second-order valence-electron chi connectivity index (χ2n) is 1.95. The fraction of sp³-hybridized carbons (Fsp3) is 0.300. The van der Waals surface area contributed by atoms with Gasteiger partial charge in [-0.3, -0.25) is 0 Å². The van der Waals surface area contributed by atoms with Gasteiger partial charge in [0, 0.05) is 10.4 Å². The van der Waals surface area contributed by atoms with Crippen molar-refractivity contribution in [3.05, 3.63) is 29.3 Å². The van der Waals surface area contributed by atoms with E-state index in [2.05, 4.69) is 17.5 Å². The molecule has 0 saturated heterocycles. The summed E-state index contributed by atoms with van der Waals surface area (Å²) >= 11 is 1.49. The van der Waals surface area contributed by atoms with Gasteiger partial charge in [0.2, 0.25) is 0 Å². The van der Waals surface area contributed by atoms with Crippen LogP contribution >= 0.6 is 11.5 Å². The fourth-order valence-electron chi connectivity index (χ4n) is 0.792. The van der Waals surface area contributed by atoms with Gasteiger partial charge in [-0.25, -0.2) is 0 Å². The molecule has 1 aromatic rings. The molecule has 1 aromatic heterocycles. The molecule has 0 atom stereocenters. The molecule has 0 unspecified atom stereocenters. The summed E-state index contributed by atoms with van der Waals surface area (Å²) in [5.41, 5.74) is 2.05. The zero-order valence-electron chi connectivity index (χ0n) is 7.92. The highest BCUT2D eigenvalue weighted by atomic mass is 32.1. The van der Waals surface area contributed by atoms with Gasteiger partial charge < -0.3 is 0 Å². The van der Waals surface area contributed by atoms with E-state index < -0.39 is 0 Å². The van der Waals surface area contributed by atoms with Crippen LogP contribution in [0.5, 0.6) is 0 Å². The maximum Gasteiger partial charge on any atom is 0.0837 e. The molecule has 2 heteroatoms. The Bertz CT molecular complexity index is 261. The summed E-state index contributed by atoms with van der Waals surface area (Å²) in [4.78, 5) is 1.20. The summed E-state index contributed by atoms with van der Waals surface area (Å²) in [5.74, 6) is 0. The second kappa shape index (κ2) is 5.72. The first-order chi connectivity index (χ1) is 5.79. The maximum atomic E-state index is 4.16. The van der Waals surface area contributed by atoms with E-state index in [1.165, 1.54) is 16.4 Å². The largest absolute Gasteiger partial charge is 0.192 e. The van der Waals surface area contributed by atoms with E-state index in [-0.39, 0.29) is 0 Å². The van der Waals surface area contributed by atoms with E-state index in [1.54, 1.807) is 6.08 Å². The third-order valence-electron chi connectivity index (χ3n) is 1.33. The Hall–Kier alpha value is -0.890. The normalized spacial score (nSPS) is 8.25. The Morgan fingerprint density at radius 1 is 1.25 bits per heavy atom. The van der Waals surface area contributed by atoms with E-state index in [9.17, 15) is 0 Å². The predicted octanol–water partition coefficient (Wildman–Crippen LogP) is 3.76. The Kier molecular flexibility index (Phi) is 5.30. The van der Waals surface area contributed by atoms with Crippen molar-refractivity contribution in [2.24, 2.45) is 0 Å². The van der Waals surface area contributed by atoms with E-state index in [0.717, 1.165) is 11.3 Å². The molecule has 0 aliphatic heterocycles. The standard InChI is InChI=1S/C8H9NS.C2H6/c1-4-7-6(3)10-9-8(7)5-2;1-2/h4-5H,1-2H2,3H3;1-2H3. The molecule has 12 heavy (non-hydrogen) atoms. The second-order valence-corrected chi connectivity index (χ2v) is 2.92. The van der Waals surface area contributed by atoms with Gasteiger partial charge in [0.05, 0.1) is 5.69 Å². The van der Waals surface area contributed by atoms with Gasteiger partial charge in [0.25, 0.3) is 0 Å². The predicted molar refractivity (Wildman–Crippen MR) is 58.4 cm³/mol. The number of hydrogen-bond donors (Lipinski definition) is 0. The molecule has 0 saturated carbocycles. The smallest absolute Gasteiger partial charge is 0.0837 e. The molecule has 0 aliphatic rings. The van der Waals surface area contributed by atoms with Crippen LogP contribution in [0, 0.1) is 6.92 Å². The Balaban J connectivity index is 0.000000561. The van der Waals surface area contributed by atoms with Crippen molar-refractivity contribution in [2.45, 2.75) is 20.8 Å². The molecule has 66 valence electrons. The molecule has 0 N–H and O–H groups in total. The van der Waals surface area contributed by atoms with Gasteiger partial charge in [-0.05, 0) is 24.5 Å². The zero-order valence-corrected chi connectivity index (χ0v) is 8.74. The van der Waals surface area contributed by atoms with Crippen molar-refractivity contribution in [3.63, 3.8) is 0 Å². The molecule has 0 spiro atoms. The van der Waals surface area contributed by atoms with Crippen LogP contribution in [0.4, 0.5) is 0 Å². The third-order valence-corrected chi connectivity index (χ3v) is 2.12. The highest BCUT2D eigenvalue weighted by molar-refractivity contribution is 7.06. The van der Waals surface area contributed by atoms with Crippen molar-refractivity contribution >= 4 is 23.7 Å². The van der Waals surface area contributed by atoms with Crippen LogP contribution in [-0.4, -0.2) is 4.37 Å². The number of hydrogen-bond acceptors (Lipinski definition) is 2. The molecular weight excluding hydrogens is 166 g/mol. The minimum absolute atomic E-state index is 0.942. The highest BCUT2D eigenvalue weighted by Gasteiger charge is 2.01. The van der Waals surface area contributed by atoms with Crippen LogP contribution in [-0.2, 0) is 0 Å². The molecule has 0 aliphatic carbocycles. The average Bonchev–Trinajstić information content (AvgIpc) is 2.49. The van der Waals surface area contributed by atoms with Crippen LogP contribution in [0.3, 0.4) is 0 Å². The summed E-state index contributed by atoms with van der Waals surface area (Å²) in [6.07, 6.45) is 3.57. The van der Waals surface area contributed by atoms with Crippen molar-refractivity contribution in [2.75, 3.05) is 0 Å². The van der Waals surface area contributed by atoms with Gasteiger partial charge in [-0.15, -0.1) is 0 Å². The lowest BCUT2D eigenvalue weighted by Gasteiger charge is -1.87. The van der Waals surface area contributed by atoms with E-state index in [1.807, 2.05) is 26.8 Å². The van der Waals surface area contributed by atoms with E-state index in [0.29, 0.717) is 0 Å². The van der Waals surface area contributed by atoms with Crippen LogP contribution < -0.4 is 0 Å². The fourth-order valence-corrected chi connectivity index (χ4v) is 1.49. The van der Waals surface area contributed by atoms with Crippen molar-refractivity contribution in [3.8, 4) is 0 Å². The van der Waals surface area contributed by atoms with Gasteiger partial charge in [-0.1, -0.05) is 33.1 Å². The van der Waals surface area contributed by atoms with E-state index in [4.69, 9.17) is 0 Å². The topological polar surface area (TPSA) is 12.9 Å². The van der Waals surface area contributed by atoms with Gasteiger partial charge in [0.15, 0.2) is 0 Å². The van der Waals surface area contributed by atoms with Crippen molar-refractivity contribution < 1.29 is 0 Å². The van der Waals surface area contributed by atoms with Crippen molar-refractivity contribution in [1.29, 1.82) is 0 Å². The third kappa shape index (κ3) is 2.31. The molecule has 1 rings (SSSR count). The minimum atomic E-state index is 0.942. The van der Waals surface area contributed by atoms with Gasteiger partial charge in [0.1, 0.15) is 0 Å². The SMILES string of the molecule is C=Cc1nsc(C)c1C=C.CC. The summed E-state index contributed by atoms with van der Waals surface area (Å²) < 4.78 is 4.16. The molecule has 0 bridgehead atoms. The van der Waals surface area contributed by atoms with Crippen LogP contribution in [0.25, 0.3) is 12.2 Å². The zero-order chi connectivity index (χ0) is 9.56. The highest BCUT2D eigenvalue weighted by Crippen LogP contribution is 2.19. The molecule has 0 radical (unpaired) electrons. The lowest BCUT2D eigenvalue weighted by atomic mass is 10.2. The first-order valence-corrected chi connectivity index (χ1v) is 4.78. The number of rotatable bonds is 2. The summed E-state index contributed by atoms with van der Waals surface area (Å²) in [7, 11) is 0. The van der Waals surface area contributed by atoms with E-state index >= 15 is 0 Å². The van der Waals surface area contributed by atoms with Gasteiger partial charge in [-0.2, -0.15) is 4.37 Å². The number of nitrogens with zero attached hydrogens (tertiary/aromatic N) is 1. The number of aromatic nitrogens is 1. The lowest BCUT2D eigenvalue weighted by molar-refractivity contribution is 1.48. The minimum Gasteiger partial charge on any atom is -0.192 e. The Morgan fingerprint density at radius 2 is 1.83 bits per heavy atom.